The van der Waals surface area contributed by atoms with Gasteiger partial charge in [0.2, 0.25) is 8.32 Å². The van der Waals surface area contributed by atoms with Gasteiger partial charge in [-0.05, 0) is 55.1 Å². The van der Waals surface area contributed by atoms with Gasteiger partial charge in [0.15, 0.2) is 0 Å². The summed E-state index contributed by atoms with van der Waals surface area (Å²) in [5.41, 5.74) is 3.00. The van der Waals surface area contributed by atoms with E-state index in [4.69, 9.17) is 9.16 Å². The lowest BCUT2D eigenvalue weighted by Crippen LogP contribution is -2.45. The molecule has 2 aliphatic rings. The first kappa shape index (κ1) is 19.3. The lowest BCUT2D eigenvalue weighted by molar-refractivity contribution is -0.0300. The van der Waals surface area contributed by atoms with Crippen molar-refractivity contribution < 1.29 is 9.16 Å². The van der Waals surface area contributed by atoms with Gasteiger partial charge in [-0.25, -0.2) is 0 Å². The molecule has 1 aromatic rings. The number of ether oxygens (including phenoxy) is 1. The molecule has 25 heavy (non-hydrogen) atoms. The summed E-state index contributed by atoms with van der Waals surface area (Å²) in [5, 5.41) is 0.210. The van der Waals surface area contributed by atoms with E-state index in [-0.39, 0.29) is 21.3 Å². The number of rotatable bonds is 2. The summed E-state index contributed by atoms with van der Waals surface area (Å²) >= 11 is 1.97. The molecule has 1 aliphatic carbocycles. The first-order chi connectivity index (χ1) is 11.4. The molecule has 0 unspecified atom stereocenters. The molecule has 0 saturated carbocycles. The predicted molar refractivity (Wildman–Crippen MR) is 111 cm³/mol. The van der Waals surface area contributed by atoms with Gasteiger partial charge in [0.05, 0.1) is 6.10 Å². The van der Waals surface area contributed by atoms with Crippen LogP contribution in [0.25, 0.3) is 0 Å². The molecule has 140 valence electrons. The molecule has 0 aromatic heterocycles. The van der Waals surface area contributed by atoms with Crippen molar-refractivity contribution in [1.29, 1.82) is 0 Å². The van der Waals surface area contributed by atoms with E-state index >= 15 is 0 Å². The van der Waals surface area contributed by atoms with Crippen molar-refractivity contribution in [2.75, 3.05) is 0 Å². The Morgan fingerprint density at radius 2 is 1.92 bits per heavy atom. The molecule has 1 heterocycles. The number of benzene rings is 1. The summed E-state index contributed by atoms with van der Waals surface area (Å²) in [6.45, 7) is 18.5. The van der Waals surface area contributed by atoms with Crippen molar-refractivity contribution in [3.05, 3.63) is 29.3 Å². The van der Waals surface area contributed by atoms with Gasteiger partial charge in [0.25, 0.3) is 0 Å². The third-order valence-corrected chi connectivity index (χ3v) is 12.1. The Balaban J connectivity index is 1.97. The van der Waals surface area contributed by atoms with E-state index in [2.05, 4.69) is 72.8 Å². The Bertz CT molecular complexity index is 648. The minimum Gasteiger partial charge on any atom is -0.543 e. The highest BCUT2D eigenvalue weighted by Crippen LogP contribution is 2.55. The van der Waals surface area contributed by atoms with Crippen LogP contribution in [0, 0.1) is 5.92 Å². The fourth-order valence-electron chi connectivity index (χ4n) is 3.94. The highest BCUT2D eigenvalue weighted by molar-refractivity contribution is 8.01. The summed E-state index contributed by atoms with van der Waals surface area (Å²) in [5.74, 6) is 1.68. The number of hydrogen-bond donors (Lipinski definition) is 0. The molecule has 1 fully saturated rings. The molecular weight excluding hydrogens is 344 g/mol. The largest absolute Gasteiger partial charge is 0.543 e. The van der Waals surface area contributed by atoms with Crippen molar-refractivity contribution in [1.82, 2.24) is 0 Å². The third-order valence-electron chi connectivity index (χ3n) is 6.42. The van der Waals surface area contributed by atoms with Gasteiger partial charge in [0, 0.05) is 10.7 Å². The highest BCUT2D eigenvalue weighted by Gasteiger charge is 2.47. The van der Waals surface area contributed by atoms with E-state index in [1.165, 1.54) is 17.5 Å². The third kappa shape index (κ3) is 3.54. The molecule has 0 radical (unpaired) electrons. The summed E-state index contributed by atoms with van der Waals surface area (Å²) < 4.78 is 13.4. The Hall–Kier alpha value is -0.453. The number of thioether (sulfide) groups is 1. The summed E-state index contributed by atoms with van der Waals surface area (Å²) in [7, 11) is -1.84. The number of hydrogen-bond acceptors (Lipinski definition) is 3. The molecule has 3 atom stereocenters. The fourth-order valence-corrected chi connectivity index (χ4v) is 6.43. The molecule has 2 nitrogen and oxygen atoms in total. The second kappa shape index (κ2) is 6.31. The molecule has 1 saturated heterocycles. The lowest BCUT2D eigenvalue weighted by atomic mass is 9.75. The average molecular weight is 379 g/mol. The van der Waals surface area contributed by atoms with Crippen LogP contribution in [0.5, 0.6) is 5.75 Å². The molecule has 3 rings (SSSR count). The van der Waals surface area contributed by atoms with Gasteiger partial charge >= 0.3 is 0 Å². The van der Waals surface area contributed by atoms with Gasteiger partial charge in [-0.15, -0.1) is 11.8 Å². The van der Waals surface area contributed by atoms with Gasteiger partial charge in [-0.3, -0.25) is 0 Å². The van der Waals surface area contributed by atoms with E-state index in [1.807, 2.05) is 11.8 Å². The van der Waals surface area contributed by atoms with Crippen LogP contribution in [0.15, 0.2) is 18.2 Å². The summed E-state index contributed by atoms with van der Waals surface area (Å²) in [4.78, 5) is 0. The second-order valence-electron chi connectivity index (χ2n) is 9.68. The van der Waals surface area contributed by atoms with Gasteiger partial charge < -0.3 is 9.16 Å². The maximum Gasteiger partial charge on any atom is 0.250 e. The van der Waals surface area contributed by atoms with Crippen LogP contribution < -0.4 is 4.43 Å². The van der Waals surface area contributed by atoms with Crippen LogP contribution >= 0.6 is 11.8 Å². The van der Waals surface area contributed by atoms with Crippen LogP contribution in [0.3, 0.4) is 0 Å². The Morgan fingerprint density at radius 1 is 1.24 bits per heavy atom. The zero-order valence-corrected chi connectivity index (χ0v) is 18.9. The maximum absolute atomic E-state index is 6.70. The molecular formula is C21H34O2SSi. The Labute approximate surface area is 159 Å². The predicted octanol–water partition coefficient (Wildman–Crippen LogP) is 6.56. The van der Waals surface area contributed by atoms with Crippen molar-refractivity contribution in [2.24, 2.45) is 5.92 Å². The molecule has 0 bridgehead atoms. The second-order valence-corrected chi connectivity index (χ2v) is 16.4. The monoisotopic (exact) mass is 378 g/mol. The molecule has 4 heteroatoms. The van der Waals surface area contributed by atoms with E-state index < -0.39 is 8.32 Å². The van der Waals surface area contributed by atoms with Gasteiger partial charge in [-0.1, -0.05) is 46.8 Å². The van der Waals surface area contributed by atoms with Crippen LogP contribution in [0.4, 0.5) is 0 Å². The minimum absolute atomic E-state index is 0.206. The smallest absolute Gasteiger partial charge is 0.250 e. The van der Waals surface area contributed by atoms with E-state index in [0.29, 0.717) is 5.92 Å². The zero-order chi connectivity index (χ0) is 18.6. The average Bonchev–Trinajstić information content (AvgIpc) is 2.45. The summed E-state index contributed by atoms with van der Waals surface area (Å²) in [6, 6.07) is 6.60. The van der Waals surface area contributed by atoms with Crippen molar-refractivity contribution in [3.8, 4) is 5.75 Å². The molecule has 0 N–H and O–H groups in total. The van der Waals surface area contributed by atoms with Gasteiger partial charge in [-0.2, -0.15) is 0 Å². The lowest BCUT2D eigenvalue weighted by Gasteiger charge is -2.49. The SMILES string of the molecule is C[C@@H]1O[C@@H]2c3cccc(O[Si](C)(C)C(C)(C)C)c3CC[C@@H]2C(C)(C)S1. The van der Waals surface area contributed by atoms with E-state index in [0.717, 1.165) is 12.2 Å². The molecule has 0 amide bonds. The maximum atomic E-state index is 6.70. The molecule has 1 aromatic carbocycles. The first-order valence-electron chi connectivity index (χ1n) is 9.56. The van der Waals surface area contributed by atoms with Crippen LogP contribution in [0.1, 0.15) is 65.2 Å². The topological polar surface area (TPSA) is 18.5 Å². The molecule has 0 spiro atoms. The quantitative estimate of drug-likeness (QED) is 0.543. The standard InChI is InChI=1S/C21H34O2SSi/c1-14-22-19-16-10-9-11-18(23-25(7,8)20(2,3)4)15(16)12-13-17(19)21(5,6)24-14/h9-11,14,17,19H,12-13H2,1-8H3/t14-,17+,19-/m1/s1. The summed E-state index contributed by atoms with van der Waals surface area (Å²) in [6.07, 6.45) is 2.49. The Morgan fingerprint density at radius 3 is 2.56 bits per heavy atom. The van der Waals surface area contributed by atoms with Crippen LogP contribution in [-0.4, -0.2) is 18.5 Å². The first-order valence-corrected chi connectivity index (χ1v) is 13.4. The van der Waals surface area contributed by atoms with E-state index in [1.54, 1.807) is 0 Å². The normalized spacial score (nSPS) is 28.9. The Kier molecular flexibility index (Phi) is 4.88. The van der Waals surface area contributed by atoms with Crippen molar-refractivity contribution >= 4 is 20.1 Å². The molecule has 1 aliphatic heterocycles. The van der Waals surface area contributed by atoms with Crippen molar-refractivity contribution in [2.45, 2.75) is 88.8 Å². The number of fused-ring (bicyclic) bond motifs is 3. The van der Waals surface area contributed by atoms with Crippen LogP contribution in [-0.2, 0) is 11.2 Å². The zero-order valence-electron chi connectivity index (χ0n) is 17.1. The van der Waals surface area contributed by atoms with E-state index in [9.17, 15) is 0 Å². The minimum atomic E-state index is -1.84. The van der Waals surface area contributed by atoms with Crippen LogP contribution in [0.2, 0.25) is 18.1 Å². The highest BCUT2D eigenvalue weighted by atomic mass is 32.2. The van der Waals surface area contributed by atoms with Gasteiger partial charge in [0.1, 0.15) is 11.2 Å². The fraction of sp³-hybridized carbons (Fsp3) is 0.714. The van der Waals surface area contributed by atoms with Crippen molar-refractivity contribution in [3.63, 3.8) is 0 Å².